The smallest absolute Gasteiger partial charge is 0.417 e. The molecule has 1 aromatic rings. The lowest BCUT2D eigenvalue weighted by atomic mass is 9.98. The van der Waals surface area contributed by atoms with Crippen LogP contribution in [0.3, 0.4) is 0 Å². The normalized spacial score (nSPS) is 11.8. The Kier molecular flexibility index (Phi) is 3.93. The number of carbonyl (C=O) groups excluding carboxylic acids is 1. The first-order valence-corrected chi connectivity index (χ1v) is 4.81. The maximum atomic E-state index is 12.8. The second-order valence-electron chi connectivity index (χ2n) is 3.56. The van der Waals surface area contributed by atoms with Gasteiger partial charge in [0.1, 0.15) is 5.75 Å². The van der Waals surface area contributed by atoms with E-state index in [1.165, 1.54) is 0 Å². The van der Waals surface area contributed by atoms with Crippen molar-refractivity contribution in [2.45, 2.75) is 26.6 Å². The first kappa shape index (κ1) is 14.4. The number of benzene rings is 1. The van der Waals surface area contributed by atoms with Crippen LogP contribution in [0.1, 0.15) is 28.4 Å². The molecule has 0 radical (unpaired) electrons. The molecule has 0 saturated carbocycles. The second kappa shape index (κ2) is 4.91. The molecule has 0 amide bonds. The minimum atomic E-state index is -4.81. The van der Waals surface area contributed by atoms with Crippen molar-refractivity contribution < 1.29 is 31.5 Å². The Morgan fingerprint density at radius 3 is 2.22 bits per heavy atom. The highest BCUT2D eigenvalue weighted by atomic mass is 19.4. The van der Waals surface area contributed by atoms with Gasteiger partial charge in [-0.15, -0.1) is 0 Å². The van der Waals surface area contributed by atoms with Gasteiger partial charge in [-0.25, -0.2) is 0 Å². The molecular formula is C11H9F5O2. The predicted molar refractivity (Wildman–Crippen MR) is 52.8 cm³/mol. The highest BCUT2D eigenvalue weighted by molar-refractivity contribution is 5.99. The van der Waals surface area contributed by atoms with Gasteiger partial charge < -0.3 is 4.74 Å². The highest BCUT2D eigenvalue weighted by Gasteiger charge is 2.38. The molecule has 2 nitrogen and oxygen atoms in total. The van der Waals surface area contributed by atoms with Gasteiger partial charge in [0.05, 0.1) is 11.1 Å². The third-order valence-corrected chi connectivity index (χ3v) is 2.23. The predicted octanol–water partition coefficient (Wildman–Crippen LogP) is 3.82. The maximum Gasteiger partial charge on any atom is 0.417 e. The van der Waals surface area contributed by atoms with Crippen molar-refractivity contribution in [1.82, 2.24) is 0 Å². The molecule has 1 aromatic carbocycles. The number of ether oxygens (including phenoxy) is 1. The first-order valence-electron chi connectivity index (χ1n) is 4.81. The third kappa shape index (κ3) is 2.96. The molecule has 0 fully saturated rings. The van der Waals surface area contributed by atoms with E-state index in [1.807, 2.05) is 0 Å². The SMILES string of the molecule is CC(=O)c1c(OC(F)F)ccc(C)c1C(F)(F)F. The van der Waals surface area contributed by atoms with Gasteiger partial charge in [-0.05, 0) is 25.5 Å². The molecule has 100 valence electrons. The molecule has 0 aliphatic heterocycles. The number of Topliss-reactive ketones (excluding diaryl/α,β-unsaturated/α-hetero) is 1. The quantitative estimate of drug-likeness (QED) is 0.615. The van der Waals surface area contributed by atoms with Crippen LogP contribution in [0.5, 0.6) is 5.75 Å². The van der Waals surface area contributed by atoms with Crippen molar-refractivity contribution in [1.29, 1.82) is 0 Å². The molecule has 18 heavy (non-hydrogen) atoms. The summed E-state index contributed by atoms with van der Waals surface area (Å²) in [6, 6.07) is 1.90. The van der Waals surface area contributed by atoms with Gasteiger partial charge in [0.25, 0.3) is 0 Å². The van der Waals surface area contributed by atoms with Crippen LogP contribution in [0.2, 0.25) is 0 Å². The van der Waals surface area contributed by atoms with Crippen LogP contribution in [0, 0.1) is 6.92 Å². The molecule has 0 N–H and O–H groups in total. The number of ketones is 1. The zero-order valence-corrected chi connectivity index (χ0v) is 9.44. The Morgan fingerprint density at radius 1 is 1.28 bits per heavy atom. The molecule has 0 aliphatic carbocycles. The summed E-state index contributed by atoms with van der Waals surface area (Å²) in [5.74, 6) is -1.75. The summed E-state index contributed by atoms with van der Waals surface area (Å²) in [6.07, 6.45) is -4.81. The van der Waals surface area contributed by atoms with Gasteiger partial charge in [0, 0.05) is 0 Å². The molecule has 7 heteroatoms. The lowest BCUT2D eigenvalue weighted by molar-refractivity contribution is -0.138. The van der Waals surface area contributed by atoms with E-state index in [9.17, 15) is 26.7 Å². The van der Waals surface area contributed by atoms with E-state index in [1.54, 1.807) is 0 Å². The van der Waals surface area contributed by atoms with Crippen LogP contribution in [0.4, 0.5) is 22.0 Å². The number of halogens is 5. The van der Waals surface area contributed by atoms with Crippen LogP contribution < -0.4 is 4.74 Å². The Labute approximate surface area is 99.4 Å². The largest absolute Gasteiger partial charge is 0.434 e. The fraction of sp³-hybridized carbons (Fsp3) is 0.364. The summed E-state index contributed by atoms with van der Waals surface area (Å²) >= 11 is 0. The molecule has 1 rings (SSSR count). The van der Waals surface area contributed by atoms with Crippen LogP contribution in [0.25, 0.3) is 0 Å². The van der Waals surface area contributed by atoms with Crippen molar-refractivity contribution in [3.05, 3.63) is 28.8 Å². The van der Waals surface area contributed by atoms with E-state index >= 15 is 0 Å². The molecule has 0 spiro atoms. The van der Waals surface area contributed by atoms with Gasteiger partial charge in [0.15, 0.2) is 5.78 Å². The fourth-order valence-electron chi connectivity index (χ4n) is 1.60. The molecule has 0 atom stereocenters. The second-order valence-corrected chi connectivity index (χ2v) is 3.56. The zero-order chi connectivity index (χ0) is 14.1. The van der Waals surface area contributed by atoms with Crippen molar-refractivity contribution in [2.24, 2.45) is 0 Å². The topological polar surface area (TPSA) is 26.3 Å². The molecular weight excluding hydrogens is 259 g/mol. The zero-order valence-electron chi connectivity index (χ0n) is 9.44. The van der Waals surface area contributed by atoms with Crippen LogP contribution in [-0.4, -0.2) is 12.4 Å². The van der Waals surface area contributed by atoms with Crippen LogP contribution >= 0.6 is 0 Å². The highest BCUT2D eigenvalue weighted by Crippen LogP contribution is 2.39. The number of alkyl halides is 5. The third-order valence-electron chi connectivity index (χ3n) is 2.23. The molecule has 0 aliphatic rings. The van der Waals surface area contributed by atoms with Crippen LogP contribution in [0.15, 0.2) is 12.1 Å². The Bertz CT molecular complexity index is 465. The summed E-state index contributed by atoms with van der Waals surface area (Å²) in [7, 11) is 0. The average Bonchev–Trinajstić information content (AvgIpc) is 2.17. The Morgan fingerprint density at radius 2 is 1.83 bits per heavy atom. The van der Waals surface area contributed by atoms with Crippen molar-refractivity contribution in [3.63, 3.8) is 0 Å². The number of rotatable bonds is 3. The summed E-state index contributed by atoms with van der Waals surface area (Å²) < 4.78 is 66.5. The lowest BCUT2D eigenvalue weighted by Gasteiger charge is -2.17. The Hall–Kier alpha value is -1.66. The number of hydrogen-bond donors (Lipinski definition) is 0. The molecule has 0 aromatic heterocycles. The van der Waals surface area contributed by atoms with Gasteiger partial charge in [-0.3, -0.25) is 4.79 Å². The van der Waals surface area contributed by atoms with Crippen LogP contribution in [-0.2, 0) is 6.18 Å². The van der Waals surface area contributed by atoms with E-state index in [-0.39, 0.29) is 5.56 Å². The van der Waals surface area contributed by atoms with E-state index < -0.39 is 35.4 Å². The number of hydrogen-bond acceptors (Lipinski definition) is 2. The molecule has 0 unspecified atom stereocenters. The van der Waals surface area contributed by atoms with E-state index in [4.69, 9.17) is 0 Å². The van der Waals surface area contributed by atoms with Crippen molar-refractivity contribution in [2.75, 3.05) is 0 Å². The van der Waals surface area contributed by atoms with Crippen molar-refractivity contribution in [3.8, 4) is 5.75 Å². The number of carbonyl (C=O) groups is 1. The van der Waals surface area contributed by atoms with E-state index in [0.717, 1.165) is 26.0 Å². The standard InChI is InChI=1S/C11H9F5O2/c1-5-3-4-7(18-10(12)13)8(6(2)17)9(5)11(14,15)16/h3-4,10H,1-2H3. The lowest BCUT2D eigenvalue weighted by Crippen LogP contribution is -2.16. The fourth-order valence-corrected chi connectivity index (χ4v) is 1.60. The van der Waals surface area contributed by atoms with Gasteiger partial charge in [-0.2, -0.15) is 22.0 Å². The summed E-state index contributed by atoms with van der Waals surface area (Å²) in [5.41, 5.74) is -2.34. The van der Waals surface area contributed by atoms with Crippen molar-refractivity contribution >= 4 is 5.78 Å². The Balaban J connectivity index is 3.53. The monoisotopic (exact) mass is 268 g/mol. The summed E-state index contributed by atoms with van der Waals surface area (Å²) in [6.45, 7) is -1.30. The molecule has 0 bridgehead atoms. The summed E-state index contributed by atoms with van der Waals surface area (Å²) in [5, 5.41) is 0. The minimum Gasteiger partial charge on any atom is -0.434 e. The van der Waals surface area contributed by atoms with E-state index in [0.29, 0.717) is 0 Å². The van der Waals surface area contributed by atoms with Gasteiger partial charge in [0.2, 0.25) is 0 Å². The average molecular weight is 268 g/mol. The number of aryl methyl sites for hydroxylation is 1. The first-order chi connectivity index (χ1) is 8.14. The van der Waals surface area contributed by atoms with E-state index in [2.05, 4.69) is 4.74 Å². The minimum absolute atomic E-state index is 0.227. The van der Waals surface area contributed by atoms with Gasteiger partial charge >= 0.3 is 12.8 Å². The maximum absolute atomic E-state index is 12.8. The van der Waals surface area contributed by atoms with Gasteiger partial charge in [-0.1, -0.05) is 6.07 Å². The summed E-state index contributed by atoms with van der Waals surface area (Å²) in [4.78, 5) is 11.2. The molecule has 0 saturated heterocycles. The molecule has 0 heterocycles.